The van der Waals surface area contributed by atoms with Crippen LogP contribution in [0, 0.1) is 267 Å². The topological polar surface area (TPSA) is 84.2 Å². The van der Waals surface area contributed by atoms with Gasteiger partial charge in [0.2, 0.25) is 0 Å². The van der Waals surface area contributed by atoms with E-state index < -0.39 is 0 Å². The highest BCUT2D eigenvalue weighted by molar-refractivity contribution is 9.11. The molecule has 0 spiro atoms. The first-order valence-electron chi connectivity index (χ1n) is 42.1. The Balaban J connectivity index is 0.000000672. The Kier molecular flexibility index (Phi) is 46.6. The molecule has 1 N–H and O–H groups in total. The zero-order valence-electron chi connectivity index (χ0n) is 85.5. The number of aryl methyl sites for hydroxylation is 15. The van der Waals surface area contributed by atoms with Crippen molar-refractivity contribution in [3.63, 3.8) is 0 Å². The number of nitrogens with zero attached hydrogens (tertiary/aromatic N) is 12. The molecular formula is C102H157Br4ClF3N13O. The second-order valence-electron chi connectivity index (χ2n) is 33.8. The van der Waals surface area contributed by atoms with Crippen molar-refractivity contribution in [1.29, 1.82) is 0 Å². The number of aromatic nitrogens is 13. The number of hydrogen-bond acceptors (Lipinski definition) is 1. The summed E-state index contributed by atoms with van der Waals surface area (Å²) in [5.41, 5.74) is 45.7. The lowest BCUT2D eigenvalue weighted by Crippen LogP contribution is -2.00. The van der Waals surface area contributed by atoms with Crippen LogP contribution in [-0.4, -0.2) is 66.9 Å². The normalized spacial score (nSPS) is 10.4. The van der Waals surface area contributed by atoms with Gasteiger partial charge >= 0.3 is 0 Å². The average molecular weight is 1990 g/mol. The highest BCUT2D eigenvalue weighted by atomic mass is 79.9. The summed E-state index contributed by atoms with van der Waals surface area (Å²) in [5, 5.41) is 0.856. The van der Waals surface area contributed by atoms with Crippen LogP contribution in [0.3, 0.4) is 0 Å². The van der Waals surface area contributed by atoms with Crippen LogP contribution < -0.4 is 0 Å². The van der Waals surface area contributed by atoms with Crippen molar-refractivity contribution < 1.29 is 17.9 Å². The van der Waals surface area contributed by atoms with Gasteiger partial charge < -0.3 is 64.5 Å². The number of hydrogen-bond donors (Lipinski definition) is 1. The third-order valence-electron chi connectivity index (χ3n) is 26.0. The van der Waals surface area contributed by atoms with Crippen LogP contribution in [0.2, 0.25) is 5.15 Å². The number of methoxy groups -OCH3 is 1. The second kappa shape index (κ2) is 50.4. The molecule has 13 heterocycles. The molecule has 0 saturated heterocycles. The van der Waals surface area contributed by atoms with Gasteiger partial charge in [0.1, 0.15) is 11.0 Å². The van der Waals surface area contributed by atoms with Crippen LogP contribution in [0.25, 0.3) is 0 Å². The molecule has 0 aromatic carbocycles. The summed E-state index contributed by atoms with van der Waals surface area (Å²) in [7, 11) is 25.6. The van der Waals surface area contributed by atoms with Crippen molar-refractivity contribution in [2.24, 2.45) is 84.6 Å². The Morgan fingerprint density at radius 2 is 0.661 bits per heavy atom. The lowest BCUT2D eigenvalue weighted by molar-refractivity contribution is 0.178. The zero-order valence-corrected chi connectivity index (χ0v) is 92.6. The predicted octanol–water partition coefficient (Wildman–Crippen LogP) is 28.7. The molecule has 13 aromatic heterocycles. The van der Waals surface area contributed by atoms with Gasteiger partial charge in [0, 0.05) is 222 Å². The quantitative estimate of drug-likeness (QED) is 0.184. The predicted molar refractivity (Wildman–Crippen MR) is 543 cm³/mol. The monoisotopic (exact) mass is 1990 g/mol. The molecule has 0 atom stereocenters. The van der Waals surface area contributed by atoms with E-state index in [4.69, 9.17) is 16.3 Å². The maximum atomic E-state index is 13.0. The Morgan fingerprint density at radius 3 is 0.790 bits per heavy atom. The van der Waals surface area contributed by atoms with Crippen LogP contribution in [0.1, 0.15) is 208 Å². The van der Waals surface area contributed by atoms with E-state index in [0.29, 0.717) is 6.61 Å². The van der Waals surface area contributed by atoms with Crippen LogP contribution in [0.5, 0.6) is 0 Å². The van der Waals surface area contributed by atoms with Gasteiger partial charge in [-0.1, -0.05) is 11.6 Å². The fourth-order valence-electron chi connectivity index (χ4n) is 13.6. The van der Waals surface area contributed by atoms with E-state index in [1.54, 1.807) is 53.5 Å². The molecule has 0 fully saturated rings. The third-order valence-corrected chi connectivity index (χ3v) is 31.1. The van der Waals surface area contributed by atoms with Crippen molar-refractivity contribution in [2.45, 2.75) is 256 Å². The summed E-state index contributed by atoms with van der Waals surface area (Å²) in [5.74, 6) is -0.317. The molecule has 22 heteroatoms. The Labute approximate surface area is 786 Å². The molecule has 13 rings (SSSR count). The number of rotatable bonds is 2. The Morgan fingerprint density at radius 1 is 0.282 bits per heavy atom. The minimum atomic E-state index is -0.132. The second-order valence-corrected chi connectivity index (χ2v) is 37.2. The molecular weight excluding hydrogens is 1840 g/mol. The number of H-pyrrole nitrogens is 1. The Bertz CT molecular complexity index is 4330. The lowest BCUT2D eigenvalue weighted by atomic mass is 10.2. The maximum Gasteiger partial charge on any atom is 0.196 e. The fourth-order valence-corrected chi connectivity index (χ4v) is 16.0. The number of nitrogens with one attached hydrogen (secondary N) is 1. The van der Waals surface area contributed by atoms with Gasteiger partial charge in [-0.15, -0.1) is 0 Å². The van der Waals surface area contributed by atoms with Gasteiger partial charge in [0.25, 0.3) is 0 Å². The van der Waals surface area contributed by atoms with Gasteiger partial charge in [0.05, 0.1) is 26.1 Å². The molecule has 0 saturated carbocycles. The standard InChI is InChI=1S/C9H15NO.C9H15N.C8H12BrN.C8H12ClN.2C8H12FN.3C8H13N.C7H9Br2N.C7H10BrN.C7H10FN.C7H11N/c1-7-5-8(2)10(3)9(7)6-11-4;1-6-7(2)9(4)10(5)8(6)3;2*1-5-6(2)8(9)10(4)7(5)3;1-5-6(2)10(4)7(3)8(5)9;1-5-6(2)8(9)10(4)7(5)3;1-6-5-9(4)8(3)7(6)2;1-6-5-7(2)9(4)8(6)3;1-5-6(2)8(4)9-7(5)3;1-4-6(8)5(2)10(3)7(4)9;2*1-5-4-6(2)9(3)7(5)8;1-6-4-7(2)8(3)5-6/h5H,6H2,1-4H3;1-5H3;4*1-4H3;2*5H,1-4H3;9H,1-4H3;1-3H3;2*4H,1-3H3;4-5H,1-3H3. The zero-order chi connectivity index (χ0) is 97.0. The van der Waals surface area contributed by atoms with Crippen LogP contribution in [-0.2, 0) is 95.9 Å². The van der Waals surface area contributed by atoms with Gasteiger partial charge in [-0.05, 0) is 432 Å². The summed E-state index contributed by atoms with van der Waals surface area (Å²) in [6, 6.07) is 10.5. The lowest BCUT2D eigenvalue weighted by Gasteiger charge is -2.04. The van der Waals surface area contributed by atoms with E-state index in [-0.39, 0.29) is 17.7 Å². The molecule has 0 amide bonds. The minimum Gasteiger partial charge on any atom is -0.378 e. The first-order valence-corrected chi connectivity index (χ1v) is 45.6. The summed E-state index contributed by atoms with van der Waals surface area (Å²) in [6.45, 7) is 75.0. The summed E-state index contributed by atoms with van der Waals surface area (Å²) in [4.78, 5) is 3.28. The van der Waals surface area contributed by atoms with E-state index >= 15 is 0 Å². The molecule has 14 nitrogen and oxygen atoms in total. The average Bonchev–Trinajstić information content (AvgIpc) is 1.70. The van der Waals surface area contributed by atoms with E-state index in [9.17, 15) is 13.2 Å². The molecule has 124 heavy (non-hydrogen) atoms. The molecule has 0 radical (unpaired) electrons. The Hall–Kier alpha value is -7.40. The summed E-state index contributed by atoms with van der Waals surface area (Å²) in [6.07, 6.45) is 4.28. The molecule has 13 aromatic rings. The summed E-state index contributed by atoms with van der Waals surface area (Å²) >= 11 is 19.9. The van der Waals surface area contributed by atoms with Crippen molar-refractivity contribution in [1.82, 2.24) is 59.8 Å². The molecule has 0 unspecified atom stereocenters. The van der Waals surface area contributed by atoms with Crippen molar-refractivity contribution in [3.05, 3.63) is 292 Å². The molecule has 0 bridgehead atoms. The van der Waals surface area contributed by atoms with Crippen LogP contribution in [0.4, 0.5) is 13.2 Å². The SMILES string of the molecule is COCc1c(C)cc(C)n1C.Cc1[nH]c(C)c(C)c1C.Cc1c(Br)c(C)n(C)c1Br.Cc1c(C)c(Br)n(C)c1C.Cc1c(C)c(C)n(C)c1C.Cc1c(C)c(Cl)n(C)c1C.Cc1c(C)c(F)n(C)c1C.Cc1c(F)c(C)n(C)c1C.Cc1cc(C)n(C)c1.Cc1cc(C)n(C)c1Br.Cc1cc(C)n(C)c1C.Cc1cc(C)n(C)c1F.Cc1cn(C)c(C)c1C. The third kappa shape index (κ3) is 29.6. The van der Waals surface area contributed by atoms with E-state index in [1.165, 1.54) is 181 Å². The van der Waals surface area contributed by atoms with E-state index in [0.717, 1.165) is 54.8 Å². The smallest absolute Gasteiger partial charge is 0.196 e. The highest BCUT2D eigenvalue weighted by Crippen LogP contribution is 2.31. The van der Waals surface area contributed by atoms with Crippen molar-refractivity contribution in [2.75, 3.05) is 7.11 Å². The number of aromatic amines is 1. The molecule has 692 valence electrons. The first-order chi connectivity index (χ1) is 56.8. The minimum absolute atomic E-state index is 0.0694. The van der Waals surface area contributed by atoms with Gasteiger partial charge in [-0.3, -0.25) is 0 Å². The van der Waals surface area contributed by atoms with Gasteiger partial charge in [-0.2, -0.15) is 8.78 Å². The number of halogens is 8. The van der Waals surface area contributed by atoms with Crippen molar-refractivity contribution >= 4 is 75.3 Å². The van der Waals surface area contributed by atoms with Gasteiger partial charge in [0.15, 0.2) is 11.9 Å². The van der Waals surface area contributed by atoms with Crippen LogP contribution in [0.15, 0.2) is 61.0 Å². The molecule has 0 aliphatic rings. The highest BCUT2D eigenvalue weighted by Gasteiger charge is 2.15. The fraction of sp³-hybridized carbons (Fsp3) is 0.490. The summed E-state index contributed by atoms with van der Waals surface area (Å²) < 4.78 is 72.7. The van der Waals surface area contributed by atoms with Crippen molar-refractivity contribution in [3.8, 4) is 0 Å². The first kappa shape index (κ1) is 115. The van der Waals surface area contributed by atoms with E-state index in [1.807, 2.05) is 78.0 Å². The molecule has 0 aliphatic carbocycles. The number of ether oxygens (including phenoxy) is 1. The van der Waals surface area contributed by atoms with E-state index in [2.05, 4.69) is 371 Å². The largest absolute Gasteiger partial charge is 0.378 e. The molecule has 0 aliphatic heterocycles. The maximum absolute atomic E-state index is 13.0. The van der Waals surface area contributed by atoms with Gasteiger partial charge in [-0.25, -0.2) is 4.39 Å². The van der Waals surface area contributed by atoms with Crippen LogP contribution >= 0.6 is 75.3 Å².